The van der Waals surface area contributed by atoms with Crippen LogP contribution in [-0.4, -0.2) is 46.3 Å². The van der Waals surface area contributed by atoms with Gasteiger partial charge in [-0.05, 0) is 24.5 Å². The summed E-state index contributed by atoms with van der Waals surface area (Å²) in [5, 5.41) is 3.21. The molecular formula is C17H21N3O2S. The van der Waals surface area contributed by atoms with Gasteiger partial charge in [0.1, 0.15) is 5.01 Å². The third-order valence-corrected chi connectivity index (χ3v) is 5.42. The molecule has 0 radical (unpaired) electrons. The zero-order chi connectivity index (χ0) is 15.5. The predicted molar refractivity (Wildman–Crippen MR) is 88.1 cm³/mol. The molecule has 4 rings (SSSR count). The summed E-state index contributed by atoms with van der Waals surface area (Å²) in [5.74, 6) is 0. The summed E-state index contributed by atoms with van der Waals surface area (Å²) >= 11 is 1.72. The van der Waals surface area contributed by atoms with Crippen LogP contribution in [0.25, 0.3) is 0 Å². The first-order chi connectivity index (χ1) is 11.4. The Hall–Kier alpha value is -1.34. The van der Waals surface area contributed by atoms with Crippen molar-refractivity contribution in [3.8, 4) is 0 Å². The molecule has 122 valence electrons. The highest BCUT2D eigenvalue weighted by molar-refractivity contribution is 7.09. The molecule has 6 heteroatoms. The second-order valence-corrected chi connectivity index (χ2v) is 7.07. The number of ether oxygens (including phenoxy) is 2. The lowest BCUT2D eigenvalue weighted by Crippen LogP contribution is -2.42. The molecule has 2 aromatic heterocycles. The Balaban J connectivity index is 1.45. The molecule has 0 unspecified atom stereocenters. The van der Waals surface area contributed by atoms with Gasteiger partial charge >= 0.3 is 0 Å². The van der Waals surface area contributed by atoms with Gasteiger partial charge < -0.3 is 9.47 Å². The van der Waals surface area contributed by atoms with Gasteiger partial charge in [-0.15, -0.1) is 11.3 Å². The summed E-state index contributed by atoms with van der Waals surface area (Å²) in [4.78, 5) is 11.1. The maximum atomic E-state index is 6.26. The first kappa shape index (κ1) is 15.2. The van der Waals surface area contributed by atoms with E-state index in [0.717, 1.165) is 38.1 Å². The van der Waals surface area contributed by atoms with Crippen LogP contribution in [0.15, 0.2) is 36.1 Å². The average Bonchev–Trinajstić information content (AvgIpc) is 3.18. The van der Waals surface area contributed by atoms with E-state index in [9.17, 15) is 0 Å². The van der Waals surface area contributed by atoms with Gasteiger partial charge in [-0.2, -0.15) is 0 Å². The zero-order valence-corrected chi connectivity index (χ0v) is 13.8. The summed E-state index contributed by atoms with van der Waals surface area (Å²) in [6.45, 7) is 3.22. The Morgan fingerprint density at radius 3 is 3.17 bits per heavy atom. The van der Waals surface area contributed by atoms with Crippen molar-refractivity contribution in [2.24, 2.45) is 0 Å². The van der Waals surface area contributed by atoms with Crippen molar-refractivity contribution < 1.29 is 9.47 Å². The molecule has 2 fully saturated rings. The van der Waals surface area contributed by atoms with E-state index < -0.39 is 0 Å². The quantitative estimate of drug-likeness (QED) is 0.842. The van der Waals surface area contributed by atoms with Crippen molar-refractivity contribution in [3.63, 3.8) is 0 Å². The third-order valence-electron chi connectivity index (χ3n) is 4.66. The molecule has 1 saturated carbocycles. The van der Waals surface area contributed by atoms with Gasteiger partial charge in [0.2, 0.25) is 0 Å². The molecular weight excluding hydrogens is 310 g/mol. The molecule has 0 amide bonds. The van der Waals surface area contributed by atoms with E-state index in [1.54, 1.807) is 17.5 Å². The highest BCUT2D eigenvalue weighted by atomic mass is 32.1. The highest BCUT2D eigenvalue weighted by Crippen LogP contribution is 2.33. The molecule has 1 aliphatic heterocycles. The second-order valence-electron chi connectivity index (χ2n) is 6.09. The van der Waals surface area contributed by atoms with Crippen LogP contribution < -0.4 is 0 Å². The highest BCUT2D eigenvalue weighted by Gasteiger charge is 2.43. The predicted octanol–water partition coefficient (Wildman–Crippen LogP) is 2.49. The summed E-state index contributed by atoms with van der Waals surface area (Å²) in [5.41, 5.74) is 1.11. The largest absolute Gasteiger partial charge is 0.374 e. The van der Waals surface area contributed by atoms with Crippen LogP contribution in [0.5, 0.6) is 0 Å². The van der Waals surface area contributed by atoms with E-state index in [4.69, 9.17) is 9.47 Å². The lowest BCUT2D eigenvalue weighted by molar-refractivity contribution is -0.0614. The molecule has 3 atom stereocenters. The van der Waals surface area contributed by atoms with E-state index in [1.165, 1.54) is 5.01 Å². The minimum absolute atomic E-state index is 0.137. The maximum absolute atomic E-state index is 6.26. The van der Waals surface area contributed by atoms with Gasteiger partial charge in [0, 0.05) is 36.6 Å². The topological polar surface area (TPSA) is 47.5 Å². The molecule has 2 bridgehead atoms. The molecule has 23 heavy (non-hydrogen) atoms. The van der Waals surface area contributed by atoms with Crippen LogP contribution in [0.3, 0.4) is 0 Å². The fourth-order valence-electron chi connectivity index (χ4n) is 3.56. The van der Waals surface area contributed by atoms with Gasteiger partial charge in [-0.1, -0.05) is 6.07 Å². The van der Waals surface area contributed by atoms with Gasteiger partial charge in [0.05, 0.1) is 32.0 Å². The number of nitrogens with zero attached hydrogens (tertiary/aromatic N) is 3. The Bertz CT molecular complexity index is 608. The van der Waals surface area contributed by atoms with Crippen LogP contribution in [0, 0.1) is 0 Å². The first-order valence-electron chi connectivity index (χ1n) is 8.15. The van der Waals surface area contributed by atoms with Gasteiger partial charge in [0.15, 0.2) is 0 Å². The molecule has 0 N–H and O–H groups in total. The number of aromatic nitrogens is 2. The van der Waals surface area contributed by atoms with Crippen LogP contribution >= 0.6 is 11.3 Å². The van der Waals surface area contributed by atoms with Crippen LogP contribution in [0.4, 0.5) is 0 Å². The number of pyridine rings is 1. The minimum atomic E-state index is 0.137. The minimum Gasteiger partial charge on any atom is -0.374 e. The number of rotatable bonds is 5. The summed E-state index contributed by atoms with van der Waals surface area (Å²) in [6.07, 6.45) is 8.10. The lowest BCUT2D eigenvalue weighted by atomic mass is 10.1. The molecule has 0 aromatic carbocycles. The molecule has 5 nitrogen and oxygen atoms in total. The molecule has 3 heterocycles. The van der Waals surface area contributed by atoms with Gasteiger partial charge in [0.25, 0.3) is 0 Å². The van der Waals surface area contributed by atoms with Crippen molar-refractivity contribution in [2.75, 3.05) is 13.2 Å². The standard InChI is InChI=1S/C17H21N3O2S/c1-2-13(10-18-5-1)12-22-17-14-3-4-15(17)21-8-7-20(14)11-16-19-6-9-23-16/h1-2,5-6,9-10,14-15,17H,3-4,7-8,11-12H2/t14-,15-,17-/m1/s1. The molecule has 0 spiro atoms. The summed E-state index contributed by atoms with van der Waals surface area (Å²) in [6, 6.07) is 4.42. The first-order valence-corrected chi connectivity index (χ1v) is 9.02. The van der Waals surface area contributed by atoms with E-state index in [0.29, 0.717) is 12.6 Å². The average molecular weight is 331 g/mol. The summed E-state index contributed by atoms with van der Waals surface area (Å²) < 4.78 is 12.3. The smallest absolute Gasteiger partial charge is 0.107 e. The summed E-state index contributed by atoms with van der Waals surface area (Å²) in [7, 11) is 0. The monoisotopic (exact) mass is 331 g/mol. The van der Waals surface area contributed by atoms with Crippen molar-refractivity contribution in [1.29, 1.82) is 0 Å². The number of hydrogen-bond donors (Lipinski definition) is 0. The molecule has 2 aromatic rings. The van der Waals surface area contributed by atoms with E-state index in [-0.39, 0.29) is 12.2 Å². The van der Waals surface area contributed by atoms with E-state index >= 15 is 0 Å². The van der Waals surface area contributed by atoms with Crippen molar-refractivity contribution in [1.82, 2.24) is 14.9 Å². The van der Waals surface area contributed by atoms with E-state index in [1.807, 2.05) is 23.8 Å². The van der Waals surface area contributed by atoms with Gasteiger partial charge in [-0.25, -0.2) is 4.98 Å². The third kappa shape index (κ3) is 3.45. The number of hydrogen-bond acceptors (Lipinski definition) is 6. The fraction of sp³-hybridized carbons (Fsp3) is 0.529. The number of thiazole rings is 1. The van der Waals surface area contributed by atoms with Crippen LogP contribution in [0.1, 0.15) is 23.4 Å². The van der Waals surface area contributed by atoms with Crippen LogP contribution in [0.2, 0.25) is 0 Å². The van der Waals surface area contributed by atoms with Gasteiger partial charge in [-0.3, -0.25) is 9.88 Å². The Labute approximate surface area is 140 Å². The van der Waals surface area contributed by atoms with Crippen molar-refractivity contribution >= 4 is 11.3 Å². The van der Waals surface area contributed by atoms with Crippen LogP contribution in [-0.2, 0) is 22.6 Å². The lowest BCUT2D eigenvalue weighted by Gasteiger charge is -2.30. The zero-order valence-electron chi connectivity index (χ0n) is 13.0. The molecule has 1 saturated heterocycles. The second kappa shape index (κ2) is 7.05. The number of fused-ring (bicyclic) bond motifs is 2. The normalized spacial score (nSPS) is 27.9. The Kier molecular flexibility index (Phi) is 4.66. The Morgan fingerprint density at radius 1 is 1.35 bits per heavy atom. The molecule has 1 aliphatic carbocycles. The fourth-order valence-corrected chi connectivity index (χ4v) is 4.20. The van der Waals surface area contributed by atoms with E-state index in [2.05, 4.69) is 20.9 Å². The van der Waals surface area contributed by atoms with Crippen molar-refractivity contribution in [3.05, 3.63) is 46.7 Å². The SMILES string of the molecule is c1cncc(CO[C@@H]2[C@H]3CC[C@H]2OCCN3Cc2nccs2)c1. The maximum Gasteiger partial charge on any atom is 0.107 e. The molecule has 2 aliphatic rings. The van der Waals surface area contributed by atoms with Crippen molar-refractivity contribution in [2.45, 2.75) is 44.2 Å². The Morgan fingerprint density at radius 2 is 2.35 bits per heavy atom.